The average Bonchev–Trinajstić information content (AvgIpc) is 3.01. The molecule has 2 aromatic carbocycles. The lowest BCUT2D eigenvalue weighted by atomic mass is 9.87. The summed E-state index contributed by atoms with van der Waals surface area (Å²) in [4.78, 5) is 50.1. The van der Waals surface area contributed by atoms with Crippen molar-refractivity contribution in [2.24, 2.45) is 0 Å². The smallest absolute Gasteiger partial charge is 0.261 e. The van der Waals surface area contributed by atoms with Gasteiger partial charge in [0.1, 0.15) is 0 Å². The highest BCUT2D eigenvalue weighted by Crippen LogP contribution is 2.23. The summed E-state index contributed by atoms with van der Waals surface area (Å²) < 4.78 is 0. The molecular weight excluding hydrogens is 406 g/mol. The number of carbonyl (C=O) groups is 4. The minimum atomic E-state index is -0.316. The highest BCUT2D eigenvalue weighted by molar-refractivity contribution is 6.21. The van der Waals surface area contributed by atoms with E-state index in [4.69, 9.17) is 0 Å². The maximum atomic E-state index is 12.3. The number of rotatable bonds is 8. The largest absolute Gasteiger partial charge is 0.354 e. The number of nitrogens with zero attached hydrogens (tertiary/aromatic N) is 1. The molecule has 0 atom stereocenters. The van der Waals surface area contributed by atoms with Crippen molar-refractivity contribution >= 4 is 23.6 Å². The number of hydrogen-bond donors (Lipinski definition) is 2. The maximum Gasteiger partial charge on any atom is 0.261 e. The predicted octanol–water partition coefficient (Wildman–Crippen LogP) is 2.91. The van der Waals surface area contributed by atoms with Crippen molar-refractivity contribution in [1.82, 2.24) is 15.5 Å². The monoisotopic (exact) mass is 435 g/mol. The first-order valence-corrected chi connectivity index (χ1v) is 10.8. The number of imide groups is 1. The zero-order valence-corrected chi connectivity index (χ0v) is 18.7. The number of nitrogens with one attached hydrogen (secondary N) is 2. The van der Waals surface area contributed by atoms with Gasteiger partial charge >= 0.3 is 0 Å². The zero-order chi connectivity index (χ0) is 23.3. The Morgan fingerprint density at radius 3 is 1.97 bits per heavy atom. The second kappa shape index (κ2) is 9.77. The molecular formula is C25H29N3O4. The molecule has 0 unspecified atom stereocenters. The van der Waals surface area contributed by atoms with E-state index < -0.39 is 0 Å². The van der Waals surface area contributed by atoms with E-state index in [2.05, 4.69) is 31.4 Å². The van der Waals surface area contributed by atoms with Crippen LogP contribution in [0.5, 0.6) is 0 Å². The van der Waals surface area contributed by atoms with Crippen molar-refractivity contribution in [1.29, 1.82) is 0 Å². The molecule has 0 saturated heterocycles. The van der Waals surface area contributed by atoms with Gasteiger partial charge in [0.2, 0.25) is 5.91 Å². The number of fused-ring (bicyclic) bond motifs is 1. The second-order valence-electron chi connectivity index (χ2n) is 8.84. The predicted molar refractivity (Wildman–Crippen MR) is 122 cm³/mol. The normalized spacial score (nSPS) is 13.2. The van der Waals surface area contributed by atoms with Crippen molar-refractivity contribution in [3.05, 3.63) is 70.8 Å². The summed E-state index contributed by atoms with van der Waals surface area (Å²) in [5.74, 6) is -1.01. The summed E-state index contributed by atoms with van der Waals surface area (Å²) in [6, 6.07) is 14.2. The maximum absolute atomic E-state index is 12.3. The third-order valence-corrected chi connectivity index (χ3v) is 5.41. The molecule has 2 aromatic rings. The SMILES string of the molecule is CC(C)(C)c1ccc(C(=O)NCCNC(=O)CCCN2C(=O)c3ccccc3C2=O)cc1. The summed E-state index contributed by atoms with van der Waals surface area (Å²) >= 11 is 0. The van der Waals surface area contributed by atoms with Crippen LogP contribution in [0.3, 0.4) is 0 Å². The molecule has 1 heterocycles. The van der Waals surface area contributed by atoms with Crippen LogP contribution in [0.15, 0.2) is 48.5 Å². The van der Waals surface area contributed by atoms with Crippen LogP contribution < -0.4 is 10.6 Å². The van der Waals surface area contributed by atoms with Crippen LogP contribution in [0.25, 0.3) is 0 Å². The van der Waals surface area contributed by atoms with Crippen molar-refractivity contribution < 1.29 is 19.2 Å². The number of benzene rings is 2. The number of amides is 4. The summed E-state index contributed by atoms with van der Waals surface area (Å²) in [5, 5.41) is 5.53. The summed E-state index contributed by atoms with van der Waals surface area (Å²) in [5.41, 5.74) is 2.57. The van der Waals surface area contributed by atoms with Gasteiger partial charge in [-0.15, -0.1) is 0 Å². The molecule has 0 bridgehead atoms. The van der Waals surface area contributed by atoms with Crippen LogP contribution in [-0.4, -0.2) is 48.2 Å². The molecule has 0 fully saturated rings. The Labute approximate surface area is 188 Å². The lowest BCUT2D eigenvalue weighted by Crippen LogP contribution is -2.35. The van der Waals surface area contributed by atoms with Gasteiger partial charge in [0, 0.05) is 31.6 Å². The fourth-order valence-corrected chi connectivity index (χ4v) is 3.53. The molecule has 1 aliphatic rings. The zero-order valence-electron chi connectivity index (χ0n) is 18.7. The molecule has 0 aromatic heterocycles. The Morgan fingerprint density at radius 2 is 1.41 bits per heavy atom. The van der Waals surface area contributed by atoms with E-state index in [1.807, 2.05) is 12.1 Å². The van der Waals surface area contributed by atoms with E-state index in [9.17, 15) is 19.2 Å². The molecule has 4 amide bonds. The molecule has 32 heavy (non-hydrogen) atoms. The number of hydrogen-bond acceptors (Lipinski definition) is 4. The first-order chi connectivity index (χ1) is 15.2. The molecule has 3 rings (SSSR count). The third kappa shape index (κ3) is 5.41. The van der Waals surface area contributed by atoms with E-state index in [1.165, 1.54) is 4.90 Å². The second-order valence-corrected chi connectivity index (χ2v) is 8.84. The molecule has 0 aliphatic carbocycles. The van der Waals surface area contributed by atoms with Crippen molar-refractivity contribution in [2.45, 2.75) is 39.0 Å². The molecule has 7 nitrogen and oxygen atoms in total. The minimum Gasteiger partial charge on any atom is -0.354 e. The lowest BCUT2D eigenvalue weighted by molar-refractivity contribution is -0.121. The van der Waals surface area contributed by atoms with Crippen LogP contribution in [0.2, 0.25) is 0 Å². The minimum absolute atomic E-state index is 0.0264. The van der Waals surface area contributed by atoms with Gasteiger partial charge in [-0.3, -0.25) is 24.1 Å². The van der Waals surface area contributed by atoms with E-state index in [-0.39, 0.29) is 42.0 Å². The molecule has 2 N–H and O–H groups in total. The summed E-state index contributed by atoms with van der Waals surface area (Å²) in [6.45, 7) is 7.16. The van der Waals surface area contributed by atoms with Gasteiger partial charge in [0.15, 0.2) is 0 Å². The van der Waals surface area contributed by atoms with Gasteiger partial charge in [-0.25, -0.2) is 0 Å². The van der Waals surface area contributed by atoms with Gasteiger partial charge in [-0.05, 0) is 41.7 Å². The van der Waals surface area contributed by atoms with Crippen LogP contribution in [0.4, 0.5) is 0 Å². The molecule has 1 aliphatic heterocycles. The molecule has 168 valence electrons. The quantitative estimate of drug-likeness (QED) is 0.492. The van der Waals surface area contributed by atoms with Gasteiger partial charge in [-0.2, -0.15) is 0 Å². The average molecular weight is 436 g/mol. The Hall–Kier alpha value is -3.48. The van der Waals surface area contributed by atoms with Crippen LogP contribution in [-0.2, 0) is 10.2 Å². The van der Waals surface area contributed by atoms with Crippen LogP contribution >= 0.6 is 0 Å². The first kappa shape index (κ1) is 23.2. The van der Waals surface area contributed by atoms with E-state index in [1.54, 1.807) is 36.4 Å². The lowest BCUT2D eigenvalue weighted by Gasteiger charge is -2.19. The Bertz CT molecular complexity index is 987. The van der Waals surface area contributed by atoms with E-state index >= 15 is 0 Å². The third-order valence-electron chi connectivity index (χ3n) is 5.41. The van der Waals surface area contributed by atoms with E-state index in [0.29, 0.717) is 36.2 Å². The number of carbonyl (C=O) groups excluding carboxylic acids is 4. The van der Waals surface area contributed by atoms with Gasteiger partial charge in [-0.1, -0.05) is 45.0 Å². The van der Waals surface area contributed by atoms with Gasteiger partial charge in [0.25, 0.3) is 17.7 Å². The van der Waals surface area contributed by atoms with Crippen LogP contribution in [0, 0.1) is 0 Å². The van der Waals surface area contributed by atoms with E-state index in [0.717, 1.165) is 5.56 Å². The topological polar surface area (TPSA) is 95.6 Å². The van der Waals surface area contributed by atoms with Crippen LogP contribution in [0.1, 0.15) is 70.3 Å². The fraction of sp³-hybridized carbons (Fsp3) is 0.360. The Balaban J connectivity index is 1.34. The Morgan fingerprint density at radius 1 is 0.844 bits per heavy atom. The fourth-order valence-electron chi connectivity index (χ4n) is 3.53. The summed E-state index contributed by atoms with van der Waals surface area (Å²) in [7, 11) is 0. The van der Waals surface area contributed by atoms with Crippen molar-refractivity contribution in [3.8, 4) is 0 Å². The molecule has 0 radical (unpaired) electrons. The summed E-state index contributed by atoms with van der Waals surface area (Å²) in [6.07, 6.45) is 0.569. The standard InChI is InChI=1S/C25H29N3O4/c1-25(2,3)18-12-10-17(11-13-18)22(30)27-15-14-26-21(29)9-6-16-28-23(31)19-7-4-5-8-20(19)24(28)32/h4-5,7-8,10-13H,6,9,14-16H2,1-3H3,(H,26,29)(H,27,30). The van der Waals surface area contributed by atoms with Gasteiger partial charge in [0.05, 0.1) is 11.1 Å². The Kier molecular flexibility index (Phi) is 7.08. The highest BCUT2D eigenvalue weighted by atomic mass is 16.2. The van der Waals surface area contributed by atoms with Crippen molar-refractivity contribution in [3.63, 3.8) is 0 Å². The molecule has 0 spiro atoms. The van der Waals surface area contributed by atoms with Gasteiger partial charge < -0.3 is 10.6 Å². The highest BCUT2D eigenvalue weighted by Gasteiger charge is 2.34. The molecule has 7 heteroatoms. The first-order valence-electron chi connectivity index (χ1n) is 10.8. The molecule has 0 saturated carbocycles. The van der Waals surface area contributed by atoms with Crippen molar-refractivity contribution in [2.75, 3.05) is 19.6 Å².